The quantitative estimate of drug-likeness (QED) is 0.0309. The molecule has 2 aliphatic heterocycles. The van der Waals surface area contributed by atoms with E-state index in [0.29, 0.717) is 19.3 Å². The molecule has 2 heterocycles. The van der Waals surface area contributed by atoms with Crippen LogP contribution in [0.2, 0.25) is 0 Å². The van der Waals surface area contributed by atoms with Crippen molar-refractivity contribution >= 4 is 5.91 Å². The first-order valence-electron chi connectivity index (χ1n) is 23.4. The first-order chi connectivity index (χ1) is 29.6. The van der Waals surface area contributed by atoms with Crippen LogP contribution in [0.3, 0.4) is 0 Å². The highest BCUT2D eigenvalue weighted by atomic mass is 16.7. The molecule has 0 aromatic rings. The molecule has 0 aliphatic carbocycles. The summed E-state index contributed by atoms with van der Waals surface area (Å²) in [5.41, 5.74) is 0. The highest BCUT2D eigenvalue weighted by Crippen LogP contribution is 2.30. The van der Waals surface area contributed by atoms with Crippen LogP contribution in [0.4, 0.5) is 0 Å². The van der Waals surface area contributed by atoms with Crippen LogP contribution in [0.25, 0.3) is 0 Å². The molecular formula is C47H83NO13. The summed E-state index contributed by atoms with van der Waals surface area (Å²) < 4.78 is 22.5. The summed E-state index contributed by atoms with van der Waals surface area (Å²) in [4.78, 5) is 13.0. The molecule has 354 valence electrons. The molecule has 14 nitrogen and oxygen atoms in total. The first-order valence-corrected chi connectivity index (χ1v) is 23.4. The van der Waals surface area contributed by atoms with Crippen molar-refractivity contribution in [2.75, 3.05) is 19.8 Å². The number of carbonyl (C=O) groups is 1. The molecule has 0 spiro atoms. The third-order valence-corrected chi connectivity index (χ3v) is 11.3. The van der Waals surface area contributed by atoms with E-state index in [2.05, 4.69) is 67.8 Å². The topological polar surface area (TPSA) is 228 Å². The molecule has 2 rings (SSSR count). The molecule has 2 aliphatic rings. The van der Waals surface area contributed by atoms with Gasteiger partial charge in [-0.05, 0) is 51.4 Å². The van der Waals surface area contributed by atoms with E-state index >= 15 is 0 Å². The fourth-order valence-corrected chi connectivity index (χ4v) is 7.46. The van der Waals surface area contributed by atoms with Gasteiger partial charge in [0.25, 0.3) is 0 Å². The van der Waals surface area contributed by atoms with Crippen LogP contribution in [0.5, 0.6) is 0 Å². The lowest BCUT2D eigenvalue weighted by molar-refractivity contribution is -0.359. The Morgan fingerprint density at radius 2 is 1.13 bits per heavy atom. The molecule has 12 unspecified atom stereocenters. The number of hydrogen-bond donors (Lipinski definition) is 9. The van der Waals surface area contributed by atoms with Gasteiger partial charge in [-0.15, -0.1) is 0 Å². The third-order valence-electron chi connectivity index (χ3n) is 11.3. The van der Waals surface area contributed by atoms with Crippen LogP contribution in [0.1, 0.15) is 149 Å². The maximum Gasteiger partial charge on any atom is 0.220 e. The van der Waals surface area contributed by atoms with Gasteiger partial charge in [-0.25, -0.2) is 0 Å². The number of aliphatic hydroxyl groups is 8. The Bertz CT molecular complexity index is 1210. The molecule has 0 saturated carbocycles. The minimum absolute atomic E-state index is 0.224. The van der Waals surface area contributed by atoms with Gasteiger partial charge in [0, 0.05) is 6.42 Å². The first kappa shape index (κ1) is 55.1. The van der Waals surface area contributed by atoms with Crippen molar-refractivity contribution in [3.05, 3.63) is 48.6 Å². The van der Waals surface area contributed by atoms with Crippen molar-refractivity contribution in [1.82, 2.24) is 5.32 Å². The van der Waals surface area contributed by atoms with Gasteiger partial charge in [0.05, 0.1) is 32.0 Å². The summed E-state index contributed by atoms with van der Waals surface area (Å²) >= 11 is 0. The van der Waals surface area contributed by atoms with E-state index in [4.69, 9.17) is 18.9 Å². The molecule has 14 heteroatoms. The maximum absolute atomic E-state index is 13.0. The number of hydrogen-bond acceptors (Lipinski definition) is 13. The molecule has 0 bridgehead atoms. The summed E-state index contributed by atoms with van der Waals surface area (Å²) in [6.45, 7) is 2.58. The zero-order valence-electron chi connectivity index (χ0n) is 37.1. The number of unbranched alkanes of at least 4 members (excludes halogenated alkanes) is 13. The van der Waals surface area contributed by atoms with E-state index in [0.717, 1.165) is 77.0 Å². The zero-order valence-corrected chi connectivity index (χ0v) is 37.1. The predicted molar refractivity (Wildman–Crippen MR) is 235 cm³/mol. The lowest BCUT2D eigenvalue weighted by Crippen LogP contribution is -2.65. The van der Waals surface area contributed by atoms with Gasteiger partial charge in [-0.1, -0.05) is 140 Å². The Morgan fingerprint density at radius 1 is 0.607 bits per heavy atom. The fourth-order valence-electron chi connectivity index (χ4n) is 7.46. The van der Waals surface area contributed by atoms with Gasteiger partial charge in [0.15, 0.2) is 12.6 Å². The largest absolute Gasteiger partial charge is 0.394 e. The van der Waals surface area contributed by atoms with Crippen molar-refractivity contribution in [2.24, 2.45) is 0 Å². The van der Waals surface area contributed by atoms with Crippen molar-refractivity contribution in [3.63, 3.8) is 0 Å². The Labute approximate surface area is 365 Å². The van der Waals surface area contributed by atoms with Gasteiger partial charge in [0.2, 0.25) is 5.91 Å². The third kappa shape index (κ3) is 22.4. The average Bonchev–Trinajstić information content (AvgIpc) is 3.26. The van der Waals surface area contributed by atoms with Gasteiger partial charge in [0.1, 0.15) is 48.8 Å². The highest BCUT2D eigenvalue weighted by Gasteiger charge is 2.51. The van der Waals surface area contributed by atoms with Gasteiger partial charge < -0.3 is 65.1 Å². The second kappa shape index (κ2) is 34.4. The number of rotatable bonds is 34. The van der Waals surface area contributed by atoms with Crippen LogP contribution >= 0.6 is 0 Å². The molecule has 12 atom stereocenters. The average molecular weight is 870 g/mol. The Balaban J connectivity index is 1.69. The second-order valence-corrected chi connectivity index (χ2v) is 16.5. The maximum atomic E-state index is 13.0. The minimum atomic E-state index is -1.78. The SMILES string of the molecule is CC/C=C\C/C=C\C/C=C\C/C=C\CCCCCCCCCCCCC(=O)NC(COC1OC(CO)C(OC2OC(CO)C(O)C(O)C2O)C(O)C1O)C(O)CCCCCC. The normalized spacial score (nSPS) is 28.4. The zero-order chi connectivity index (χ0) is 44.7. The Morgan fingerprint density at radius 3 is 1.72 bits per heavy atom. The molecule has 2 saturated heterocycles. The van der Waals surface area contributed by atoms with E-state index in [1.54, 1.807) is 0 Å². The van der Waals surface area contributed by atoms with Crippen molar-refractivity contribution in [3.8, 4) is 0 Å². The Kier molecular flexibility index (Phi) is 31.0. The summed E-state index contributed by atoms with van der Waals surface area (Å²) in [6, 6.07) is -0.827. The summed E-state index contributed by atoms with van der Waals surface area (Å²) in [5.74, 6) is -0.224. The standard InChI is InChI=1S/C47H83NO13/c1-3-5-7-9-10-11-12-13-14-15-16-17-18-19-20-21-22-23-24-25-26-27-29-31-39(52)48-35(36(51)30-28-8-6-4-2)34-58-46-44(57)42(55)45(38(33-50)60-46)61-47-43(56)41(54)40(53)37(32-49)59-47/h5,7,10-11,13-14,16-17,35-38,40-47,49-51,53-57H,3-4,6,8-9,12,15,18-34H2,1-2H3,(H,48,52)/b7-5-,11-10-,14-13-,17-16-. The molecule has 0 aromatic heterocycles. The number of carbonyl (C=O) groups excluding carboxylic acids is 1. The van der Waals surface area contributed by atoms with E-state index < -0.39 is 86.8 Å². The van der Waals surface area contributed by atoms with Gasteiger partial charge in [-0.3, -0.25) is 4.79 Å². The Hall–Kier alpha value is -2.05. The number of ether oxygens (including phenoxy) is 4. The fraction of sp³-hybridized carbons (Fsp3) is 0.809. The number of amides is 1. The van der Waals surface area contributed by atoms with E-state index in [-0.39, 0.29) is 12.5 Å². The number of aliphatic hydroxyl groups excluding tert-OH is 8. The lowest BCUT2D eigenvalue weighted by Gasteiger charge is -2.46. The summed E-state index contributed by atoms with van der Waals surface area (Å²) in [5, 5.41) is 86.1. The van der Waals surface area contributed by atoms with Crippen molar-refractivity contribution in [2.45, 2.75) is 222 Å². The van der Waals surface area contributed by atoms with Crippen molar-refractivity contribution in [1.29, 1.82) is 0 Å². The number of allylic oxidation sites excluding steroid dienone is 8. The predicted octanol–water partition coefficient (Wildman–Crippen LogP) is 4.93. The molecule has 0 radical (unpaired) electrons. The molecule has 2 fully saturated rings. The van der Waals surface area contributed by atoms with Crippen LogP contribution in [0.15, 0.2) is 48.6 Å². The summed E-state index contributed by atoms with van der Waals surface area (Å²) in [7, 11) is 0. The van der Waals surface area contributed by atoms with Crippen molar-refractivity contribution < 1.29 is 64.6 Å². The summed E-state index contributed by atoms with van der Waals surface area (Å²) in [6.07, 6.45) is 22.0. The van der Waals surface area contributed by atoms with E-state index in [1.165, 1.54) is 38.5 Å². The number of nitrogens with one attached hydrogen (secondary N) is 1. The van der Waals surface area contributed by atoms with E-state index in [9.17, 15) is 45.6 Å². The van der Waals surface area contributed by atoms with Gasteiger partial charge in [-0.2, -0.15) is 0 Å². The minimum Gasteiger partial charge on any atom is -0.394 e. The second-order valence-electron chi connectivity index (χ2n) is 16.5. The lowest BCUT2D eigenvalue weighted by atomic mass is 9.97. The molecule has 0 aromatic carbocycles. The van der Waals surface area contributed by atoms with Crippen LogP contribution in [-0.4, -0.2) is 140 Å². The van der Waals surface area contributed by atoms with Crippen LogP contribution < -0.4 is 5.32 Å². The molecule has 9 N–H and O–H groups in total. The molecular weight excluding hydrogens is 787 g/mol. The van der Waals surface area contributed by atoms with Crippen LogP contribution in [0, 0.1) is 0 Å². The smallest absolute Gasteiger partial charge is 0.220 e. The van der Waals surface area contributed by atoms with E-state index in [1.807, 2.05) is 0 Å². The monoisotopic (exact) mass is 870 g/mol. The molecule has 1 amide bonds. The molecule has 61 heavy (non-hydrogen) atoms. The highest BCUT2D eigenvalue weighted by molar-refractivity contribution is 5.76. The van der Waals surface area contributed by atoms with Crippen LogP contribution in [-0.2, 0) is 23.7 Å². The van der Waals surface area contributed by atoms with Gasteiger partial charge >= 0.3 is 0 Å².